The summed E-state index contributed by atoms with van der Waals surface area (Å²) in [6.07, 6.45) is 2.54. The third kappa shape index (κ3) is 4.58. The number of methoxy groups -OCH3 is 1. The largest absolute Gasteiger partial charge is 0.487 e. The number of esters is 1. The van der Waals surface area contributed by atoms with Gasteiger partial charge in [-0.3, -0.25) is 4.31 Å². The summed E-state index contributed by atoms with van der Waals surface area (Å²) in [7, 11) is -0.983. The van der Waals surface area contributed by atoms with Crippen LogP contribution in [0.4, 0.5) is 10.1 Å². The number of nitrogens with zero attached hydrogens (tertiary/aromatic N) is 3. The highest BCUT2D eigenvalue weighted by Crippen LogP contribution is 2.35. The first-order chi connectivity index (χ1) is 16.2. The number of pyridine rings is 1. The molecule has 0 amide bonds. The Hall–Kier alpha value is -3.92. The van der Waals surface area contributed by atoms with E-state index in [1.807, 2.05) is 30.3 Å². The van der Waals surface area contributed by atoms with Gasteiger partial charge in [0.1, 0.15) is 35.1 Å². The van der Waals surface area contributed by atoms with Gasteiger partial charge in [0, 0.05) is 18.7 Å². The second-order valence-corrected chi connectivity index (χ2v) is 9.59. The van der Waals surface area contributed by atoms with Gasteiger partial charge in [0.2, 0.25) is 10.0 Å². The smallest absolute Gasteiger partial charge is 0.342 e. The van der Waals surface area contributed by atoms with Gasteiger partial charge >= 0.3 is 5.97 Å². The van der Waals surface area contributed by atoms with Crippen LogP contribution in [-0.2, 0) is 21.4 Å². The number of sulfonamides is 1. The maximum atomic E-state index is 13.5. The fourth-order valence-electron chi connectivity index (χ4n) is 3.44. The number of carbonyl (C=O) groups excluding carboxylic acids is 1. The molecule has 2 aromatic carbocycles. The number of anilines is 1. The number of aromatic nitrogens is 2. The van der Waals surface area contributed by atoms with Gasteiger partial charge in [0.25, 0.3) is 0 Å². The van der Waals surface area contributed by atoms with E-state index in [9.17, 15) is 17.6 Å². The Balaban J connectivity index is 1.92. The van der Waals surface area contributed by atoms with Crippen molar-refractivity contribution in [3.05, 3.63) is 83.8 Å². The summed E-state index contributed by atoms with van der Waals surface area (Å²) in [5, 5.41) is 4.48. The average Bonchev–Trinajstić information content (AvgIpc) is 3.20. The maximum Gasteiger partial charge on any atom is 0.342 e. The van der Waals surface area contributed by atoms with E-state index in [-0.39, 0.29) is 29.3 Å². The number of fused-ring (bicyclic) bond motifs is 1. The van der Waals surface area contributed by atoms with Crippen molar-refractivity contribution in [2.45, 2.75) is 6.61 Å². The van der Waals surface area contributed by atoms with E-state index in [1.165, 1.54) is 49.1 Å². The molecule has 34 heavy (non-hydrogen) atoms. The zero-order valence-electron chi connectivity index (χ0n) is 18.7. The second-order valence-electron chi connectivity index (χ2n) is 7.58. The molecule has 8 nitrogen and oxygen atoms in total. The summed E-state index contributed by atoms with van der Waals surface area (Å²) in [6.45, 7) is 0.175. The van der Waals surface area contributed by atoms with Crippen molar-refractivity contribution in [2.24, 2.45) is 0 Å². The third-order valence-corrected chi connectivity index (χ3v) is 6.49. The molecule has 2 aromatic heterocycles. The van der Waals surface area contributed by atoms with E-state index in [2.05, 4.69) is 5.10 Å². The van der Waals surface area contributed by atoms with Crippen molar-refractivity contribution in [2.75, 3.05) is 24.7 Å². The molecular weight excluding hydrogens is 461 g/mol. The van der Waals surface area contributed by atoms with E-state index >= 15 is 0 Å². The van der Waals surface area contributed by atoms with Gasteiger partial charge in [-0.05, 0) is 29.8 Å². The van der Waals surface area contributed by atoms with E-state index in [1.54, 1.807) is 6.07 Å². The molecule has 0 saturated carbocycles. The van der Waals surface area contributed by atoms with E-state index < -0.39 is 21.8 Å². The molecule has 0 fully saturated rings. The second kappa shape index (κ2) is 9.14. The van der Waals surface area contributed by atoms with Crippen LogP contribution in [0.2, 0.25) is 0 Å². The van der Waals surface area contributed by atoms with Gasteiger partial charge in [-0.25, -0.2) is 22.1 Å². The molecule has 4 aromatic rings. The van der Waals surface area contributed by atoms with E-state index in [0.717, 1.165) is 16.1 Å². The van der Waals surface area contributed by atoms with Gasteiger partial charge in [0.15, 0.2) is 0 Å². The topological polar surface area (TPSA) is 90.2 Å². The highest BCUT2D eigenvalue weighted by atomic mass is 32.2. The zero-order chi connectivity index (χ0) is 24.5. The Bertz CT molecular complexity index is 1450. The van der Waals surface area contributed by atoms with Crippen LogP contribution in [0.15, 0.2) is 66.9 Å². The van der Waals surface area contributed by atoms with Gasteiger partial charge < -0.3 is 9.47 Å². The fourth-order valence-corrected chi connectivity index (χ4v) is 3.94. The molecule has 0 bridgehead atoms. The molecule has 0 radical (unpaired) electrons. The number of hydrogen-bond acceptors (Lipinski definition) is 6. The number of halogens is 1. The van der Waals surface area contributed by atoms with Crippen LogP contribution in [0.3, 0.4) is 0 Å². The first-order valence-corrected chi connectivity index (χ1v) is 12.0. The number of benzene rings is 2. The predicted octanol–water partition coefficient (Wildman–Crippen LogP) is 3.90. The first kappa shape index (κ1) is 23.2. The average molecular weight is 484 g/mol. The Morgan fingerprint density at radius 1 is 1.12 bits per heavy atom. The van der Waals surface area contributed by atoms with Crippen molar-refractivity contribution >= 4 is 27.2 Å². The summed E-state index contributed by atoms with van der Waals surface area (Å²) in [6, 6.07) is 16.4. The summed E-state index contributed by atoms with van der Waals surface area (Å²) in [4.78, 5) is 12.7. The number of rotatable bonds is 7. The molecule has 10 heteroatoms. The quantitative estimate of drug-likeness (QED) is 0.371. The van der Waals surface area contributed by atoms with Gasteiger partial charge in [-0.2, -0.15) is 5.10 Å². The molecule has 0 N–H and O–H groups in total. The third-order valence-electron chi connectivity index (χ3n) is 5.29. The predicted molar refractivity (Wildman–Crippen MR) is 126 cm³/mol. The molecular formula is C24H22FN3O5S. The minimum atomic E-state index is -3.63. The van der Waals surface area contributed by atoms with Crippen molar-refractivity contribution in [3.8, 4) is 17.0 Å². The van der Waals surface area contributed by atoms with Crippen LogP contribution in [0.5, 0.6) is 5.75 Å². The van der Waals surface area contributed by atoms with E-state index in [4.69, 9.17) is 9.47 Å². The van der Waals surface area contributed by atoms with Gasteiger partial charge in [0.05, 0.1) is 25.1 Å². The Labute approximate surface area is 196 Å². The Morgan fingerprint density at radius 3 is 2.41 bits per heavy atom. The standard InChI is InChI=1S/C24H22FN3O5S/c1-27(34(3,30)31)20-14-28-19(13-21(20)33-15-16-7-5-4-6-8-16)22(24(29)32-2)23(26-28)17-9-11-18(25)12-10-17/h4-14H,15H2,1-3H3. The van der Waals surface area contributed by atoms with Crippen LogP contribution < -0.4 is 9.04 Å². The highest BCUT2D eigenvalue weighted by Gasteiger charge is 2.26. The fraction of sp³-hybridized carbons (Fsp3) is 0.167. The minimum Gasteiger partial charge on any atom is -0.487 e. The molecule has 4 rings (SSSR count). The van der Waals surface area contributed by atoms with Crippen LogP contribution >= 0.6 is 0 Å². The lowest BCUT2D eigenvalue weighted by Gasteiger charge is -2.20. The SMILES string of the molecule is COC(=O)c1c(-c2ccc(F)cc2)nn2cc(N(C)S(C)(=O)=O)c(OCc3ccccc3)cc12. The monoisotopic (exact) mass is 483 g/mol. The molecule has 0 spiro atoms. The molecule has 0 unspecified atom stereocenters. The Morgan fingerprint density at radius 2 is 1.79 bits per heavy atom. The number of carbonyl (C=O) groups is 1. The van der Waals surface area contributed by atoms with Crippen LogP contribution in [0, 0.1) is 5.82 Å². The van der Waals surface area contributed by atoms with Crippen LogP contribution in [-0.4, -0.2) is 44.4 Å². The number of ether oxygens (including phenoxy) is 2. The van der Waals surface area contributed by atoms with Crippen molar-refractivity contribution in [1.82, 2.24) is 9.61 Å². The van der Waals surface area contributed by atoms with E-state index in [0.29, 0.717) is 11.1 Å². The van der Waals surface area contributed by atoms with Crippen LogP contribution in [0.1, 0.15) is 15.9 Å². The summed E-state index contributed by atoms with van der Waals surface area (Å²) < 4.78 is 51.5. The molecule has 2 heterocycles. The maximum absolute atomic E-state index is 13.5. The number of hydrogen-bond donors (Lipinski definition) is 0. The van der Waals surface area contributed by atoms with Crippen molar-refractivity contribution in [3.63, 3.8) is 0 Å². The van der Waals surface area contributed by atoms with Crippen LogP contribution in [0.25, 0.3) is 16.8 Å². The molecule has 176 valence electrons. The Kier molecular flexibility index (Phi) is 6.25. The lowest BCUT2D eigenvalue weighted by atomic mass is 10.1. The van der Waals surface area contributed by atoms with Gasteiger partial charge in [-0.1, -0.05) is 30.3 Å². The normalized spacial score (nSPS) is 11.4. The molecule has 0 atom stereocenters. The zero-order valence-corrected chi connectivity index (χ0v) is 19.5. The van der Waals surface area contributed by atoms with Crippen molar-refractivity contribution < 1.29 is 27.1 Å². The lowest BCUT2D eigenvalue weighted by molar-refractivity contribution is 0.0604. The molecule has 0 aliphatic rings. The summed E-state index contributed by atoms with van der Waals surface area (Å²) >= 11 is 0. The first-order valence-electron chi connectivity index (χ1n) is 10.2. The lowest BCUT2D eigenvalue weighted by Crippen LogP contribution is -2.25. The molecule has 0 aliphatic heterocycles. The summed E-state index contributed by atoms with van der Waals surface area (Å²) in [5.41, 5.74) is 2.36. The minimum absolute atomic E-state index is 0.146. The van der Waals surface area contributed by atoms with Crippen molar-refractivity contribution in [1.29, 1.82) is 0 Å². The highest BCUT2D eigenvalue weighted by molar-refractivity contribution is 7.92. The summed E-state index contributed by atoms with van der Waals surface area (Å²) in [5.74, 6) is -0.840. The molecule has 0 saturated heterocycles. The van der Waals surface area contributed by atoms with Gasteiger partial charge in [-0.15, -0.1) is 0 Å². The molecule has 0 aliphatic carbocycles.